The molecule has 0 fully saturated rings. The second-order valence-corrected chi connectivity index (χ2v) is 8.66. The van der Waals surface area contributed by atoms with Gasteiger partial charge in [-0.2, -0.15) is 4.98 Å². The van der Waals surface area contributed by atoms with Crippen LogP contribution in [0.4, 0.5) is 5.69 Å². The van der Waals surface area contributed by atoms with Gasteiger partial charge in [-0.3, -0.25) is 4.79 Å². The summed E-state index contributed by atoms with van der Waals surface area (Å²) >= 11 is 0. The molecule has 3 N–H and O–H groups in total. The lowest BCUT2D eigenvalue weighted by Gasteiger charge is -2.18. The molecule has 0 unspecified atom stereocenters. The van der Waals surface area contributed by atoms with E-state index in [0.717, 1.165) is 43.6 Å². The van der Waals surface area contributed by atoms with Crippen molar-refractivity contribution >= 4 is 11.7 Å². The predicted octanol–water partition coefficient (Wildman–Crippen LogP) is 4.04. The van der Waals surface area contributed by atoms with Crippen molar-refractivity contribution < 1.29 is 19.2 Å². The Morgan fingerprint density at radius 2 is 1.91 bits per heavy atom. The molecule has 174 valence electrons. The molecule has 8 nitrogen and oxygen atoms in total. The topological polar surface area (TPSA) is 115 Å². The van der Waals surface area contributed by atoms with Crippen LogP contribution in [-0.4, -0.2) is 51.9 Å². The number of carboxylic acids is 1. The van der Waals surface area contributed by atoms with Crippen LogP contribution in [0.2, 0.25) is 0 Å². The van der Waals surface area contributed by atoms with Crippen molar-refractivity contribution in [1.29, 1.82) is 0 Å². The number of carbonyl (C=O) groups is 1. The molecule has 1 aliphatic heterocycles. The fraction of sp³-hybridized carbons (Fsp3) is 0.400. The minimum Gasteiger partial charge on any atom is -0.489 e. The highest BCUT2D eigenvalue weighted by molar-refractivity contribution is 5.67. The van der Waals surface area contributed by atoms with E-state index in [0.29, 0.717) is 29.6 Å². The van der Waals surface area contributed by atoms with E-state index < -0.39 is 5.97 Å². The fourth-order valence-electron chi connectivity index (χ4n) is 4.09. The highest BCUT2D eigenvalue weighted by Crippen LogP contribution is 2.30. The second kappa shape index (κ2) is 10.0. The van der Waals surface area contributed by atoms with E-state index in [4.69, 9.17) is 20.1 Å². The molecular formula is C25H30N4O4. The van der Waals surface area contributed by atoms with Gasteiger partial charge in [0.25, 0.3) is 5.89 Å². The third-order valence-corrected chi connectivity index (χ3v) is 5.77. The van der Waals surface area contributed by atoms with Gasteiger partial charge < -0.3 is 25.0 Å². The van der Waals surface area contributed by atoms with Gasteiger partial charge in [-0.05, 0) is 75.0 Å². The molecule has 0 saturated heterocycles. The molecule has 0 atom stereocenters. The Morgan fingerprint density at radius 1 is 1.15 bits per heavy atom. The maximum Gasteiger partial charge on any atom is 0.303 e. The average Bonchev–Trinajstić information content (AvgIpc) is 3.18. The summed E-state index contributed by atoms with van der Waals surface area (Å²) in [5.74, 6) is 0.847. The van der Waals surface area contributed by atoms with Crippen molar-refractivity contribution in [3.05, 3.63) is 47.5 Å². The number of hydrogen-bond acceptors (Lipinski definition) is 7. The van der Waals surface area contributed by atoms with Crippen LogP contribution in [0.3, 0.4) is 0 Å². The molecule has 2 heterocycles. The van der Waals surface area contributed by atoms with E-state index in [1.807, 2.05) is 32.0 Å². The Morgan fingerprint density at radius 3 is 2.64 bits per heavy atom. The largest absolute Gasteiger partial charge is 0.489 e. The number of hydrogen-bond donors (Lipinski definition) is 2. The van der Waals surface area contributed by atoms with Crippen LogP contribution in [0.1, 0.15) is 37.8 Å². The lowest BCUT2D eigenvalue weighted by Crippen LogP contribution is -2.27. The van der Waals surface area contributed by atoms with E-state index in [2.05, 4.69) is 27.2 Å². The molecule has 0 amide bonds. The highest BCUT2D eigenvalue weighted by Gasteiger charge is 2.17. The van der Waals surface area contributed by atoms with Crippen LogP contribution in [0.25, 0.3) is 22.8 Å². The molecule has 33 heavy (non-hydrogen) atoms. The summed E-state index contributed by atoms with van der Waals surface area (Å²) < 4.78 is 11.2. The first-order valence-corrected chi connectivity index (χ1v) is 11.4. The third-order valence-electron chi connectivity index (χ3n) is 5.77. The van der Waals surface area contributed by atoms with E-state index in [1.165, 1.54) is 11.1 Å². The van der Waals surface area contributed by atoms with Gasteiger partial charge >= 0.3 is 5.97 Å². The fourth-order valence-corrected chi connectivity index (χ4v) is 4.09. The van der Waals surface area contributed by atoms with E-state index in [9.17, 15) is 4.79 Å². The molecule has 1 aliphatic rings. The molecule has 0 bridgehead atoms. The smallest absolute Gasteiger partial charge is 0.303 e. The Balaban J connectivity index is 1.46. The number of aliphatic carboxylic acids is 1. The molecule has 0 saturated carbocycles. The molecule has 4 rings (SSSR count). The van der Waals surface area contributed by atoms with E-state index in [-0.39, 0.29) is 12.5 Å². The van der Waals surface area contributed by atoms with Gasteiger partial charge in [0, 0.05) is 30.6 Å². The van der Waals surface area contributed by atoms with E-state index in [1.54, 1.807) is 6.07 Å². The van der Waals surface area contributed by atoms with E-state index >= 15 is 0 Å². The van der Waals surface area contributed by atoms with Gasteiger partial charge in [0.2, 0.25) is 5.82 Å². The quantitative estimate of drug-likeness (QED) is 0.494. The van der Waals surface area contributed by atoms with Crippen molar-refractivity contribution in [3.8, 4) is 28.6 Å². The summed E-state index contributed by atoms with van der Waals surface area (Å²) in [6.07, 6.45) is 2.79. The zero-order chi connectivity index (χ0) is 23.4. The highest BCUT2D eigenvalue weighted by atomic mass is 16.5. The van der Waals surface area contributed by atoms with Gasteiger partial charge in [-0.1, -0.05) is 17.3 Å². The molecular weight excluding hydrogens is 420 g/mol. The minimum absolute atomic E-state index is 0.0400. The summed E-state index contributed by atoms with van der Waals surface area (Å²) in [6.45, 7) is 6.57. The number of ether oxygens (including phenoxy) is 1. The van der Waals surface area contributed by atoms with Crippen molar-refractivity contribution in [2.24, 2.45) is 0 Å². The Hall–Kier alpha value is -3.39. The SMILES string of the molecule is CC(C)Oc1ccc(-c2nc(-c3ccc4c(c3)CCN(CCCC(=O)O)CC4)no2)cc1N. The number of nitrogen functional groups attached to an aromatic ring is 1. The number of fused-ring (bicyclic) bond motifs is 1. The van der Waals surface area contributed by atoms with Gasteiger partial charge in [0.05, 0.1) is 11.8 Å². The standard InChI is InChI=1S/C25H30N4O4/c1-16(2)32-22-8-7-20(15-21(22)26)25-27-24(28-33-25)19-6-5-17-9-12-29(11-3-4-23(30)31)13-10-18(17)14-19/h5-8,14-16H,3-4,9-13,26H2,1-2H3,(H,30,31). The van der Waals surface area contributed by atoms with Crippen molar-refractivity contribution in [3.63, 3.8) is 0 Å². The van der Waals surface area contributed by atoms with Crippen LogP contribution >= 0.6 is 0 Å². The van der Waals surface area contributed by atoms with Crippen LogP contribution in [0, 0.1) is 0 Å². The Labute approximate surface area is 193 Å². The zero-order valence-corrected chi connectivity index (χ0v) is 19.1. The average molecular weight is 451 g/mol. The lowest BCUT2D eigenvalue weighted by molar-refractivity contribution is -0.137. The van der Waals surface area contributed by atoms with Crippen LogP contribution < -0.4 is 10.5 Å². The van der Waals surface area contributed by atoms with Gasteiger partial charge in [0.1, 0.15) is 5.75 Å². The molecule has 1 aromatic heterocycles. The second-order valence-electron chi connectivity index (χ2n) is 8.66. The molecule has 0 aliphatic carbocycles. The predicted molar refractivity (Wildman–Crippen MR) is 126 cm³/mol. The van der Waals surface area contributed by atoms with Crippen LogP contribution in [0.15, 0.2) is 40.9 Å². The number of benzene rings is 2. The maximum absolute atomic E-state index is 10.8. The third kappa shape index (κ3) is 5.70. The number of aromatic nitrogens is 2. The summed E-state index contributed by atoms with van der Waals surface area (Å²) in [6, 6.07) is 11.8. The van der Waals surface area contributed by atoms with Crippen molar-refractivity contribution in [2.45, 2.75) is 45.6 Å². The molecule has 0 spiro atoms. The zero-order valence-electron chi connectivity index (χ0n) is 19.1. The summed E-state index contributed by atoms with van der Waals surface area (Å²) in [4.78, 5) is 17.7. The van der Waals surface area contributed by atoms with Crippen LogP contribution in [0.5, 0.6) is 5.75 Å². The molecule has 3 aromatic rings. The summed E-state index contributed by atoms with van der Waals surface area (Å²) in [7, 11) is 0. The first kappa shape index (κ1) is 22.8. The maximum atomic E-state index is 10.8. The van der Waals surface area contributed by atoms with Gasteiger partial charge in [-0.15, -0.1) is 0 Å². The number of rotatable bonds is 8. The van der Waals surface area contributed by atoms with Crippen molar-refractivity contribution in [2.75, 3.05) is 25.4 Å². The Bertz CT molecular complexity index is 1130. The lowest BCUT2D eigenvalue weighted by atomic mass is 10.00. The summed E-state index contributed by atoms with van der Waals surface area (Å²) in [5, 5.41) is 13.0. The first-order valence-electron chi connectivity index (χ1n) is 11.4. The minimum atomic E-state index is -0.736. The number of anilines is 1. The van der Waals surface area contributed by atoms with Gasteiger partial charge in [0.15, 0.2) is 0 Å². The molecule has 8 heteroatoms. The number of nitrogens with two attached hydrogens (primary N) is 1. The number of carboxylic acid groups (broad SMARTS) is 1. The van der Waals surface area contributed by atoms with Crippen LogP contribution in [-0.2, 0) is 17.6 Å². The van der Waals surface area contributed by atoms with Gasteiger partial charge in [-0.25, -0.2) is 0 Å². The summed E-state index contributed by atoms with van der Waals surface area (Å²) in [5.41, 5.74) is 10.9. The molecule has 2 aromatic carbocycles. The Kier molecular flexibility index (Phi) is 6.93. The number of nitrogens with zero attached hydrogens (tertiary/aromatic N) is 3. The first-order chi connectivity index (χ1) is 15.9. The monoisotopic (exact) mass is 450 g/mol. The molecule has 0 radical (unpaired) electrons. The van der Waals surface area contributed by atoms with Crippen molar-refractivity contribution in [1.82, 2.24) is 15.0 Å². The normalized spacial score (nSPS) is 14.2.